The Hall–Kier alpha value is -3.32. The van der Waals surface area contributed by atoms with Gasteiger partial charge in [0.25, 0.3) is 0 Å². The number of rotatable bonds is 3. The first-order chi connectivity index (χ1) is 16.9. The Labute approximate surface area is 217 Å². The van der Waals surface area contributed by atoms with Crippen molar-refractivity contribution in [1.29, 1.82) is 0 Å². The van der Waals surface area contributed by atoms with Gasteiger partial charge in [-0.25, -0.2) is 0 Å². The fourth-order valence-corrected chi connectivity index (χ4v) is 5.50. The van der Waals surface area contributed by atoms with Gasteiger partial charge in [-0.15, -0.1) is 0 Å². The quantitative estimate of drug-likeness (QED) is 0.286. The van der Waals surface area contributed by atoms with Crippen LogP contribution in [0.15, 0.2) is 91.0 Å². The molecule has 0 aliphatic heterocycles. The maximum absolute atomic E-state index is 2.41. The Morgan fingerprint density at radius 1 is 0.500 bits per heavy atom. The van der Waals surface area contributed by atoms with Gasteiger partial charge >= 0.3 is 0 Å². The smallest absolute Gasteiger partial charge is 0.0465 e. The molecule has 1 aliphatic carbocycles. The van der Waals surface area contributed by atoms with Crippen molar-refractivity contribution in [2.75, 3.05) is 4.90 Å². The van der Waals surface area contributed by atoms with Gasteiger partial charge in [0, 0.05) is 22.5 Å². The largest absolute Gasteiger partial charge is 0.310 e. The van der Waals surface area contributed by atoms with Gasteiger partial charge in [0.1, 0.15) is 0 Å². The molecule has 1 aliphatic rings. The number of hydrogen-bond acceptors (Lipinski definition) is 1. The zero-order valence-electron chi connectivity index (χ0n) is 23.1. The first-order valence-electron chi connectivity index (χ1n) is 13.1. The second-order valence-electron chi connectivity index (χ2n) is 12.8. The summed E-state index contributed by atoms with van der Waals surface area (Å²) in [6.07, 6.45) is 0. The van der Waals surface area contributed by atoms with E-state index in [4.69, 9.17) is 0 Å². The van der Waals surface area contributed by atoms with E-state index in [0.29, 0.717) is 0 Å². The van der Waals surface area contributed by atoms with E-state index in [1.807, 2.05) is 0 Å². The Bertz CT molecular complexity index is 1330. The summed E-state index contributed by atoms with van der Waals surface area (Å²) in [5.74, 6) is 0. The number of nitrogens with zero attached hydrogens (tertiary/aromatic N) is 1. The summed E-state index contributed by atoms with van der Waals surface area (Å²) in [4.78, 5) is 2.40. The first-order valence-corrected chi connectivity index (χ1v) is 13.1. The lowest BCUT2D eigenvalue weighted by Gasteiger charge is -2.29. The second kappa shape index (κ2) is 8.37. The summed E-state index contributed by atoms with van der Waals surface area (Å²) in [5, 5.41) is 0. The maximum atomic E-state index is 2.41. The van der Waals surface area contributed by atoms with Gasteiger partial charge in [-0.3, -0.25) is 0 Å². The van der Waals surface area contributed by atoms with E-state index in [9.17, 15) is 0 Å². The molecule has 0 aromatic heterocycles. The van der Waals surface area contributed by atoms with Gasteiger partial charge in [0.2, 0.25) is 0 Å². The maximum Gasteiger partial charge on any atom is 0.0465 e. The van der Waals surface area contributed by atoms with E-state index in [1.165, 1.54) is 50.4 Å². The molecule has 184 valence electrons. The fourth-order valence-electron chi connectivity index (χ4n) is 5.50. The predicted molar refractivity (Wildman–Crippen MR) is 156 cm³/mol. The van der Waals surface area contributed by atoms with Gasteiger partial charge in [-0.2, -0.15) is 0 Å². The van der Waals surface area contributed by atoms with E-state index in [0.717, 1.165) is 0 Å². The van der Waals surface area contributed by atoms with Crippen molar-refractivity contribution in [3.8, 4) is 11.1 Å². The molecule has 0 spiro atoms. The molecule has 0 bridgehead atoms. The van der Waals surface area contributed by atoms with Crippen molar-refractivity contribution in [2.45, 2.75) is 71.6 Å². The van der Waals surface area contributed by atoms with Crippen LogP contribution in [0.4, 0.5) is 17.1 Å². The highest BCUT2D eigenvalue weighted by Crippen LogP contribution is 2.50. The van der Waals surface area contributed by atoms with Crippen LogP contribution in [-0.2, 0) is 16.2 Å². The molecule has 1 heteroatoms. The third kappa shape index (κ3) is 4.15. The Morgan fingerprint density at radius 2 is 0.944 bits per heavy atom. The van der Waals surface area contributed by atoms with Gasteiger partial charge < -0.3 is 4.90 Å². The molecule has 4 aromatic carbocycles. The monoisotopic (exact) mass is 473 g/mol. The Kier molecular flexibility index (Phi) is 5.67. The summed E-state index contributed by atoms with van der Waals surface area (Å²) >= 11 is 0. The molecular weight excluding hydrogens is 434 g/mol. The van der Waals surface area contributed by atoms with Crippen molar-refractivity contribution in [1.82, 2.24) is 0 Å². The van der Waals surface area contributed by atoms with Crippen LogP contribution in [0.1, 0.15) is 77.6 Å². The van der Waals surface area contributed by atoms with Crippen molar-refractivity contribution in [3.63, 3.8) is 0 Å². The third-order valence-electron chi connectivity index (χ3n) is 7.81. The van der Waals surface area contributed by atoms with Crippen LogP contribution in [0.2, 0.25) is 0 Å². The van der Waals surface area contributed by atoms with Gasteiger partial charge in [0.15, 0.2) is 0 Å². The highest BCUT2D eigenvalue weighted by atomic mass is 15.1. The van der Waals surface area contributed by atoms with Crippen LogP contribution in [0.3, 0.4) is 0 Å². The van der Waals surface area contributed by atoms with Crippen LogP contribution in [0.5, 0.6) is 0 Å². The average molecular weight is 474 g/mol. The molecule has 0 saturated carbocycles. The van der Waals surface area contributed by atoms with Gasteiger partial charge in [-0.1, -0.05) is 110 Å². The molecule has 0 amide bonds. The van der Waals surface area contributed by atoms with Crippen LogP contribution in [0, 0.1) is 0 Å². The van der Waals surface area contributed by atoms with E-state index < -0.39 is 0 Å². The normalized spacial score (nSPS) is 14.3. The predicted octanol–water partition coefficient (Wildman–Crippen LogP) is 10.1. The summed E-state index contributed by atoms with van der Waals surface area (Å²) in [6, 6.07) is 34.0. The van der Waals surface area contributed by atoms with E-state index >= 15 is 0 Å². The highest BCUT2D eigenvalue weighted by molar-refractivity contribution is 5.85. The summed E-state index contributed by atoms with van der Waals surface area (Å²) in [6.45, 7) is 18.3. The fraction of sp³-hybridized carbons (Fsp3) is 0.314. The average Bonchev–Trinajstić information content (AvgIpc) is 3.06. The molecule has 0 fully saturated rings. The van der Waals surface area contributed by atoms with Crippen LogP contribution in [-0.4, -0.2) is 0 Å². The van der Waals surface area contributed by atoms with Crippen LogP contribution in [0.25, 0.3) is 11.1 Å². The lowest BCUT2D eigenvalue weighted by atomic mass is 9.82. The lowest BCUT2D eigenvalue weighted by Crippen LogP contribution is -2.17. The van der Waals surface area contributed by atoms with Crippen LogP contribution >= 0.6 is 0 Å². The van der Waals surface area contributed by atoms with Crippen molar-refractivity contribution in [2.24, 2.45) is 0 Å². The number of anilines is 3. The minimum atomic E-state index is -0.0280. The number of benzene rings is 4. The molecule has 36 heavy (non-hydrogen) atoms. The molecule has 1 nitrogen and oxygen atoms in total. The zero-order valence-corrected chi connectivity index (χ0v) is 23.1. The van der Waals surface area contributed by atoms with Crippen molar-refractivity contribution in [3.05, 3.63) is 113 Å². The molecule has 5 rings (SSSR count). The zero-order chi connectivity index (χ0) is 25.9. The first kappa shape index (κ1) is 24.4. The van der Waals surface area contributed by atoms with Gasteiger partial charge in [-0.05, 0) is 80.6 Å². The summed E-state index contributed by atoms with van der Waals surface area (Å²) in [7, 11) is 0. The van der Waals surface area contributed by atoms with Crippen molar-refractivity contribution < 1.29 is 0 Å². The molecule has 0 atom stereocenters. The van der Waals surface area contributed by atoms with Crippen LogP contribution < -0.4 is 4.90 Å². The number of fused-ring (bicyclic) bond motifs is 3. The minimum Gasteiger partial charge on any atom is -0.310 e. The second-order valence-corrected chi connectivity index (χ2v) is 12.8. The Morgan fingerprint density at radius 3 is 1.44 bits per heavy atom. The molecule has 0 heterocycles. The molecule has 0 radical (unpaired) electrons. The molecule has 0 saturated heterocycles. The SMILES string of the molecule is CC(C)(C)c1ccc(N(c2ccc(C(C)(C)C)cc2)c2ccc3c(c2)C(C)(C)c2ccccc2-3)cc1. The standard InChI is InChI=1S/C35H39N/c1-33(2,3)24-13-17-26(18-14-24)36(27-19-15-25(16-20-27)34(4,5)6)28-21-22-30-29-11-9-10-12-31(29)35(7,8)32(30)23-28/h9-23H,1-8H3. The van der Waals surface area contributed by atoms with E-state index in [1.54, 1.807) is 0 Å². The summed E-state index contributed by atoms with van der Waals surface area (Å²) in [5.41, 5.74) is 12.0. The van der Waals surface area contributed by atoms with E-state index in [2.05, 4.69) is 151 Å². The van der Waals surface area contributed by atoms with Gasteiger partial charge in [0.05, 0.1) is 0 Å². The minimum absolute atomic E-state index is 0.0280. The lowest BCUT2D eigenvalue weighted by molar-refractivity contribution is 0.590. The molecule has 0 N–H and O–H groups in total. The molecular formula is C35H39N. The topological polar surface area (TPSA) is 3.24 Å². The van der Waals surface area contributed by atoms with Crippen molar-refractivity contribution >= 4 is 17.1 Å². The summed E-state index contributed by atoms with van der Waals surface area (Å²) < 4.78 is 0. The molecule has 4 aromatic rings. The highest BCUT2D eigenvalue weighted by Gasteiger charge is 2.35. The number of hydrogen-bond donors (Lipinski definition) is 0. The Balaban J connectivity index is 1.65. The molecule has 0 unspecified atom stereocenters. The van der Waals surface area contributed by atoms with E-state index in [-0.39, 0.29) is 16.2 Å². The third-order valence-corrected chi connectivity index (χ3v) is 7.81.